The van der Waals surface area contributed by atoms with Crippen molar-refractivity contribution < 1.29 is 24.1 Å². The quantitative estimate of drug-likeness (QED) is 0.215. The molecule has 1 aromatic carbocycles. The van der Waals surface area contributed by atoms with E-state index in [4.69, 9.17) is 19.9 Å². The third kappa shape index (κ3) is 12.7. The summed E-state index contributed by atoms with van der Waals surface area (Å²) < 4.78 is 16.6. The van der Waals surface area contributed by atoms with E-state index < -0.39 is 12.1 Å². The lowest BCUT2D eigenvalue weighted by Crippen LogP contribution is -2.50. The first-order valence-electron chi connectivity index (χ1n) is 14.2. The Morgan fingerprint density at radius 1 is 1.07 bits per heavy atom. The Labute approximate surface area is 254 Å². The Bertz CT molecular complexity index is 840. The van der Waals surface area contributed by atoms with Gasteiger partial charge in [-0.2, -0.15) is 0 Å². The second kappa shape index (κ2) is 19.8. The summed E-state index contributed by atoms with van der Waals surface area (Å²) in [7, 11) is 5.41. The molecule has 4 atom stereocenters. The highest BCUT2D eigenvalue weighted by Gasteiger charge is 2.31. The van der Waals surface area contributed by atoms with E-state index in [1.807, 2.05) is 26.0 Å². The topological polar surface area (TPSA) is 106 Å². The summed E-state index contributed by atoms with van der Waals surface area (Å²) in [4.78, 5) is 15.2. The predicted octanol–water partition coefficient (Wildman–Crippen LogP) is 4.19. The fourth-order valence-corrected chi connectivity index (χ4v) is 5.20. The van der Waals surface area contributed by atoms with E-state index in [2.05, 4.69) is 37.2 Å². The SMILES string of the molecule is COCCCOc1cc(CC(CC(N)C(O)CC(C(=O)NCC2CN(C)C2)C(C)C)C(C)C)ccc1OC.Cl.Cl. The molecule has 0 saturated carbocycles. The molecule has 4 unspecified atom stereocenters. The van der Waals surface area contributed by atoms with Crippen LogP contribution in [-0.4, -0.2) is 82.2 Å². The first kappa shape index (κ1) is 38.7. The zero-order valence-corrected chi connectivity index (χ0v) is 27.2. The first-order chi connectivity index (χ1) is 18.0. The molecule has 8 nitrogen and oxygen atoms in total. The van der Waals surface area contributed by atoms with Gasteiger partial charge in [-0.05, 0) is 61.8 Å². The van der Waals surface area contributed by atoms with E-state index in [1.54, 1.807) is 14.2 Å². The second-order valence-corrected chi connectivity index (χ2v) is 11.8. The minimum Gasteiger partial charge on any atom is -0.493 e. The van der Waals surface area contributed by atoms with Crippen LogP contribution in [0.3, 0.4) is 0 Å². The van der Waals surface area contributed by atoms with E-state index in [1.165, 1.54) is 0 Å². The number of aliphatic hydroxyl groups is 1. The monoisotopic (exact) mass is 607 g/mol. The van der Waals surface area contributed by atoms with Crippen molar-refractivity contribution in [2.24, 2.45) is 35.3 Å². The highest BCUT2D eigenvalue weighted by Crippen LogP contribution is 2.32. The fourth-order valence-electron chi connectivity index (χ4n) is 5.20. The minimum absolute atomic E-state index is 0. The van der Waals surface area contributed by atoms with Gasteiger partial charge in [-0.3, -0.25) is 4.79 Å². The number of carbonyl (C=O) groups is 1. The Morgan fingerprint density at radius 3 is 2.30 bits per heavy atom. The van der Waals surface area contributed by atoms with Crippen LogP contribution in [0.1, 0.15) is 52.5 Å². The summed E-state index contributed by atoms with van der Waals surface area (Å²) in [6.45, 7) is 12.4. The summed E-state index contributed by atoms with van der Waals surface area (Å²) in [5.41, 5.74) is 7.70. The molecule has 1 fully saturated rings. The van der Waals surface area contributed by atoms with Gasteiger partial charge >= 0.3 is 0 Å². The van der Waals surface area contributed by atoms with Crippen molar-refractivity contribution in [2.45, 2.75) is 65.5 Å². The van der Waals surface area contributed by atoms with Crippen molar-refractivity contribution in [1.29, 1.82) is 0 Å². The van der Waals surface area contributed by atoms with Gasteiger partial charge in [-0.1, -0.05) is 33.8 Å². The zero-order chi connectivity index (χ0) is 28.2. The molecule has 1 aromatic rings. The smallest absolute Gasteiger partial charge is 0.223 e. The number of rotatable bonds is 18. The number of carbonyl (C=O) groups excluding carboxylic acids is 1. The van der Waals surface area contributed by atoms with Crippen molar-refractivity contribution in [3.8, 4) is 11.5 Å². The number of likely N-dealkylation sites (tertiary alicyclic amines) is 1. The molecule has 1 aliphatic rings. The number of nitrogens with zero attached hydrogens (tertiary/aromatic N) is 1. The molecular formula is C30H55Cl2N3O5. The number of hydrogen-bond acceptors (Lipinski definition) is 7. The van der Waals surface area contributed by atoms with Gasteiger partial charge in [0.1, 0.15) is 0 Å². The highest BCUT2D eigenvalue weighted by atomic mass is 35.5. The number of methoxy groups -OCH3 is 2. The van der Waals surface area contributed by atoms with Gasteiger partial charge in [0.2, 0.25) is 5.91 Å². The largest absolute Gasteiger partial charge is 0.493 e. The molecule has 234 valence electrons. The summed E-state index contributed by atoms with van der Waals surface area (Å²) in [6.07, 6.45) is 1.94. The lowest BCUT2D eigenvalue weighted by molar-refractivity contribution is -0.128. The molecule has 1 amide bonds. The third-order valence-electron chi connectivity index (χ3n) is 7.83. The lowest BCUT2D eigenvalue weighted by Gasteiger charge is -2.36. The highest BCUT2D eigenvalue weighted by molar-refractivity contribution is 5.85. The predicted molar refractivity (Wildman–Crippen MR) is 167 cm³/mol. The van der Waals surface area contributed by atoms with Crippen LogP contribution in [0.15, 0.2) is 18.2 Å². The Morgan fingerprint density at radius 2 is 1.75 bits per heavy atom. The average molecular weight is 609 g/mol. The average Bonchev–Trinajstić information content (AvgIpc) is 2.86. The Kier molecular flexibility index (Phi) is 19.1. The van der Waals surface area contributed by atoms with E-state index >= 15 is 0 Å². The van der Waals surface area contributed by atoms with E-state index in [0.717, 1.165) is 37.2 Å². The second-order valence-electron chi connectivity index (χ2n) is 11.8. The van der Waals surface area contributed by atoms with Crippen molar-refractivity contribution >= 4 is 30.7 Å². The standard InChI is InChI=1S/C30H53N3O5.2ClH/c1-20(2)24(13-22-9-10-28(37-7)29(14-22)38-12-8-11-36-6)15-26(31)27(34)16-25(21(3)4)30(35)32-17-23-18-33(5)19-23;;/h9-10,14,20-21,23-27,34H,8,11-13,15-19,31H2,1-7H3,(H,32,35);2*1H. The van der Waals surface area contributed by atoms with Crippen LogP contribution in [0.2, 0.25) is 0 Å². The molecule has 1 aliphatic heterocycles. The van der Waals surface area contributed by atoms with Gasteiger partial charge in [-0.25, -0.2) is 0 Å². The molecule has 0 bridgehead atoms. The molecular weight excluding hydrogens is 553 g/mol. The van der Waals surface area contributed by atoms with Gasteiger partial charge < -0.3 is 35.3 Å². The molecule has 2 rings (SSSR count). The number of ether oxygens (including phenoxy) is 3. The summed E-state index contributed by atoms with van der Waals surface area (Å²) in [6, 6.07) is 5.65. The zero-order valence-electron chi connectivity index (χ0n) is 25.6. The number of nitrogens with one attached hydrogen (secondary N) is 1. The van der Waals surface area contributed by atoms with Crippen molar-refractivity contribution in [1.82, 2.24) is 10.2 Å². The molecule has 0 spiro atoms. The maximum atomic E-state index is 12.9. The van der Waals surface area contributed by atoms with Crippen molar-refractivity contribution in [3.63, 3.8) is 0 Å². The van der Waals surface area contributed by atoms with Crippen molar-refractivity contribution in [2.75, 3.05) is 54.1 Å². The van der Waals surface area contributed by atoms with Crippen LogP contribution in [0.4, 0.5) is 0 Å². The number of hydrogen-bond donors (Lipinski definition) is 3. The van der Waals surface area contributed by atoms with Gasteiger partial charge in [0, 0.05) is 57.6 Å². The number of halogens is 2. The van der Waals surface area contributed by atoms with Crippen LogP contribution in [0.5, 0.6) is 11.5 Å². The third-order valence-corrected chi connectivity index (χ3v) is 7.83. The van der Waals surface area contributed by atoms with Crippen molar-refractivity contribution in [3.05, 3.63) is 23.8 Å². The van der Waals surface area contributed by atoms with Gasteiger partial charge in [0.05, 0.1) is 19.8 Å². The van der Waals surface area contributed by atoms with Crippen LogP contribution in [0.25, 0.3) is 0 Å². The van der Waals surface area contributed by atoms with Crippen LogP contribution in [0, 0.1) is 29.6 Å². The van der Waals surface area contributed by atoms with Crippen LogP contribution >= 0.6 is 24.8 Å². The molecule has 40 heavy (non-hydrogen) atoms. The Hall–Kier alpha value is -1.29. The normalized spacial score (nSPS) is 16.8. The summed E-state index contributed by atoms with van der Waals surface area (Å²) in [5, 5.41) is 14.2. The maximum absolute atomic E-state index is 12.9. The first-order valence-corrected chi connectivity index (χ1v) is 14.2. The number of aliphatic hydroxyl groups excluding tert-OH is 1. The lowest BCUT2D eigenvalue weighted by atomic mass is 9.80. The summed E-state index contributed by atoms with van der Waals surface area (Å²) in [5.74, 6) is 2.51. The van der Waals surface area contributed by atoms with Crippen LogP contribution in [-0.2, 0) is 16.0 Å². The minimum atomic E-state index is -0.736. The molecule has 1 heterocycles. The molecule has 10 heteroatoms. The molecule has 0 aromatic heterocycles. The van der Waals surface area contributed by atoms with Gasteiger partial charge in [0.15, 0.2) is 11.5 Å². The number of amides is 1. The van der Waals surface area contributed by atoms with E-state index in [-0.39, 0.29) is 48.5 Å². The summed E-state index contributed by atoms with van der Waals surface area (Å²) >= 11 is 0. The molecule has 0 radical (unpaired) electrons. The van der Waals surface area contributed by atoms with Crippen LogP contribution < -0.4 is 20.5 Å². The van der Waals surface area contributed by atoms with E-state index in [9.17, 15) is 9.90 Å². The molecule has 0 aliphatic carbocycles. The van der Waals surface area contributed by atoms with Gasteiger partial charge in [0.25, 0.3) is 0 Å². The Balaban J connectivity index is 0.00000760. The van der Waals surface area contributed by atoms with Gasteiger partial charge in [-0.15, -0.1) is 24.8 Å². The number of benzene rings is 1. The van der Waals surface area contributed by atoms with E-state index in [0.29, 0.717) is 50.2 Å². The fraction of sp³-hybridized carbons (Fsp3) is 0.767. The molecule has 1 saturated heterocycles. The molecule has 4 N–H and O–H groups in total. The maximum Gasteiger partial charge on any atom is 0.223 e. The number of nitrogens with two attached hydrogens (primary N) is 1.